The number of nitrogens with zero attached hydrogens (tertiary/aromatic N) is 1. The Kier molecular flexibility index (Phi) is 4.93. The molecule has 7 heteroatoms. The number of benzene rings is 2. The third-order valence-corrected chi connectivity index (χ3v) is 6.70. The molecule has 0 atom stereocenters. The van der Waals surface area contributed by atoms with Gasteiger partial charge in [0.25, 0.3) is 10.0 Å². The van der Waals surface area contributed by atoms with Crippen molar-refractivity contribution < 1.29 is 8.42 Å². The minimum Gasteiger partial charge on any atom is -0.280 e. The molecule has 24 heavy (non-hydrogen) atoms. The van der Waals surface area contributed by atoms with Crippen LogP contribution in [0.2, 0.25) is 0 Å². The molecule has 0 bridgehead atoms. The van der Waals surface area contributed by atoms with Crippen LogP contribution in [-0.2, 0) is 10.0 Å². The second kappa shape index (κ2) is 6.96. The zero-order valence-corrected chi connectivity index (χ0v) is 15.6. The summed E-state index contributed by atoms with van der Waals surface area (Å²) in [7, 11) is -3.57. The fourth-order valence-electron chi connectivity index (χ4n) is 2.00. The molecule has 0 aliphatic rings. The molecule has 0 aliphatic carbocycles. The van der Waals surface area contributed by atoms with E-state index in [1.54, 1.807) is 59.5 Å². The van der Waals surface area contributed by atoms with Crippen molar-refractivity contribution in [2.75, 3.05) is 4.72 Å². The van der Waals surface area contributed by atoms with Gasteiger partial charge in [0.15, 0.2) is 4.34 Å². The Hall–Kier alpha value is -1.83. The lowest BCUT2D eigenvalue weighted by atomic mass is 10.2. The number of anilines is 1. The molecule has 3 aromatic rings. The Morgan fingerprint density at radius 3 is 2.25 bits per heavy atom. The van der Waals surface area contributed by atoms with Gasteiger partial charge in [0.2, 0.25) is 0 Å². The number of aryl methyl sites for hydroxylation is 2. The molecule has 0 radical (unpaired) electrons. The predicted molar refractivity (Wildman–Crippen MR) is 99.4 cm³/mol. The maximum atomic E-state index is 12.4. The summed E-state index contributed by atoms with van der Waals surface area (Å²) in [5, 5.41) is 2.01. The number of thiazole rings is 1. The molecule has 124 valence electrons. The van der Waals surface area contributed by atoms with E-state index in [9.17, 15) is 8.42 Å². The second-order valence-corrected chi connectivity index (χ2v) is 9.16. The number of aromatic nitrogens is 1. The maximum Gasteiger partial charge on any atom is 0.261 e. The van der Waals surface area contributed by atoms with Crippen molar-refractivity contribution in [2.24, 2.45) is 0 Å². The van der Waals surface area contributed by atoms with Crippen LogP contribution in [0.3, 0.4) is 0 Å². The average Bonchev–Trinajstić information content (AvgIpc) is 2.94. The number of hydrogen-bond acceptors (Lipinski definition) is 5. The lowest BCUT2D eigenvalue weighted by molar-refractivity contribution is 0.601. The fraction of sp³-hybridized carbons (Fsp3) is 0.118. The molecule has 0 saturated carbocycles. The molecule has 0 spiro atoms. The quantitative estimate of drug-likeness (QED) is 0.700. The fourth-order valence-corrected chi connectivity index (χ4v) is 4.87. The van der Waals surface area contributed by atoms with E-state index >= 15 is 0 Å². The monoisotopic (exact) mass is 376 g/mol. The van der Waals surface area contributed by atoms with Crippen LogP contribution in [0.25, 0.3) is 0 Å². The molecule has 0 amide bonds. The first kappa shape index (κ1) is 17.0. The summed E-state index contributed by atoms with van der Waals surface area (Å²) in [6, 6.07) is 14.1. The zero-order valence-electron chi connectivity index (χ0n) is 13.2. The summed E-state index contributed by atoms with van der Waals surface area (Å²) in [6.07, 6.45) is 0. The normalized spacial score (nSPS) is 11.4. The predicted octanol–water partition coefficient (Wildman–Crippen LogP) is 4.71. The van der Waals surface area contributed by atoms with Gasteiger partial charge in [-0.2, -0.15) is 0 Å². The van der Waals surface area contributed by atoms with Crippen LogP contribution in [0.5, 0.6) is 0 Å². The van der Waals surface area contributed by atoms with Crippen LogP contribution in [0.4, 0.5) is 5.69 Å². The van der Waals surface area contributed by atoms with Crippen molar-refractivity contribution in [2.45, 2.75) is 28.0 Å². The van der Waals surface area contributed by atoms with Crippen molar-refractivity contribution in [1.29, 1.82) is 0 Å². The van der Waals surface area contributed by atoms with Gasteiger partial charge in [-0.3, -0.25) is 4.72 Å². The van der Waals surface area contributed by atoms with E-state index in [1.807, 2.05) is 31.4 Å². The van der Waals surface area contributed by atoms with Gasteiger partial charge in [-0.05, 0) is 50.2 Å². The first-order chi connectivity index (χ1) is 11.4. The highest BCUT2D eigenvalue weighted by Crippen LogP contribution is 2.31. The first-order valence-corrected chi connectivity index (χ1v) is 10.4. The molecule has 0 saturated heterocycles. The second-order valence-electron chi connectivity index (χ2n) is 5.30. The van der Waals surface area contributed by atoms with Crippen LogP contribution >= 0.6 is 23.1 Å². The van der Waals surface area contributed by atoms with Gasteiger partial charge in [-0.25, -0.2) is 13.4 Å². The maximum absolute atomic E-state index is 12.4. The van der Waals surface area contributed by atoms with E-state index in [4.69, 9.17) is 0 Å². The van der Waals surface area contributed by atoms with Gasteiger partial charge in [0.05, 0.1) is 4.90 Å². The minimum atomic E-state index is -3.57. The van der Waals surface area contributed by atoms with Gasteiger partial charge in [-0.15, -0.1) is 11.3 Å². The highest BCUT2D eigenvalue weighted by atomic mass is 32.2. The average molecular weight is 377 g/mol. The first-order valence-electron chi connectivity index (χ1n) is 7.22. The van der Waals surface area contributed by atoms with E-state index in [2.05, 4.69) is 9.71 Å². The molecule has 1 heterocycles. The molecular formula is C17H16N2O2S3. The Morgan fingerprint density at radius 1 is 1.00 bits per heavy atom. The SMILES string of the molecule is Cc1ccc(S(=O)(=O)Nc2ccc(Sc3nc(C)cs3)cc2)cc1. The smallest absolute Gasteiger partial charge is 0.261 e. The minimum absolute atomic E-state index is 0.254. The van der Waals surface area contributed by atoms with Crippen LogP contribution < -0.4 is 4.72 Å². The van der Waals surface area contributed by atoms with Gasteiger partial charge in [-0.1, -0.05) is 29.5 Å². The Labute approximate surface area is 150 Å². The lowest BCUT2D eigenvalue weighted by Crippen LogP contribution is -2.12. The van der Waals surface area contributed by atoms with E-state index in [0.29, 0.717) is 5.69 Å². The van der Waals surface area contributed by atoms with Gasteiger partial charge >= 0.3 is 0 Å². The van der Waals surface area contributed by atoms with Crippen LogP contribution in [0, 0.1) is 13.8 Å². The summed E-state index contributed by atoms with van der Waals surface area (Å²) in [5.74, 6) is 0. The van der Waals surface area contributed by atoms with E-state index in [-0.39, 0.29) is 4.90 Å². The molecule has 3 rings (SSSR count). The zero-order chi connectivity index (χ0) is 17.2. The summed E-state index contributed by atoms with van der Waals surface area (Å²) < 4.78 is 28.3. The summed E-state index contributed by atoms with van der Waals surface area (Å²) in [6.45, 7) is 3.88. The Bertz CT molecular complexity index is 931. The van der Waals surface area contributed by atoms with Crippen molar-refractivity contribution in [3.63, 3.8) is 0 Å². The molecule has 4 nitrogen and oxygen atoms in total. The third-order valence-electron chi connectivity index (χ3n) is 3.24. The summed E-state index contributed by atoms with van der Waals surface area (Å²) in [5.41, 5.74) is 2.56. The number of sulfonamides is 1. The van der Waals surface area contributed by atoms with Crippen molar-refractivity contribution in [3.8, 4) is 0 Å². The van der Waals surface area contributed by atoms with Crippen LogP contribution in [0.1, 0.15) is 11.3 Å². The van der Waals surface area contributed by atoms with E-state index in [0.717, 1.165) is 20.5 Å². The third kappa shape index (κ3) is 4.17. The number of hydrogen-bond donors (Lipinski definition) is 1. The summed E-state index contributed by atoms with van der Waals surface area (Å²) in [4.78, 5) is 5.68. The topological polar surface area (TPSA) is 59.1 Å². The number of nitrogens with one attached hydrogen (secondary N) is 1. The van der Waals surface area contributed by atoms with E-state index in [1.165, 1.54) is 0 Å². The highest BCUT2D eigenvalue weighted by Gasteiger charge is 2.13. The molecule has 1 aromatic heterocycles. The van der Waals surface area contributed by atoms with Crippen LogP contribution in [0.15, 0.2) is 68.0 Å². The molecule has 2 aromatic carbocycles. The molecule has 1 N–H and O–H groups in total. The number of rotatable bonds is 5. The van der Waals surface area contributed by atoms with Gasteiger partial charge in [0.1, 0.15) is 0 Å². The highest BCUT2D eigenvalue weighted by molar-refractivity contribution is 8.01. The van der Waals surface area contributed by atoms with E-state index < -0.39 is 10.0 Å². The Morgan fingerprint density at radius 2 is 1.67 bits per heavy atom. The molecular weight excluding hydrogens is 360 g/mol. The summed E-state index contributed by atoms with van der Waals surface area (Å²) >= 11 is 3.16. The van der Waals surface area contributed by atoms with Crippen molar-refractivity contribution in [1.82, 2.24) is 4.98 Å². The van der Waals surface area contributed by atoms with Crippen molar-refractivity contribution in [3.05, 3.63) is 65.2 Å². The van der Waals surface area contributed by atoms with Crippen molar-refractivity contribution >= 4 is 38.8 Å². The molecule has 0 aliphatic heterocycles. The largest absolute Gasteiger partial charge is 0.280 e. The van der Waals surface area contributed by atoms with Gasteiger partial charge in [0, 0.05) is 21.7 Å². The molecule has 0 unspecified atom stereocenters. The standard InChI is InChI=1S/C17H16N2O2S3/c1-12-3-9-16(10-4-12)24(20,21)19-14-5-7-15(8-6-14)23-17-18-13(2)11-22-17/h3-11,19H,1-2H3. The molecule has 0 fully saturated rings. The van der Waals surface area contributed by atoms with Gasteiger partial charge < -0.3 is 0 Å². The lowest BCUT2D eigenvalue weighted by Gasteiger charge is -2.09. The van der Waals surface area contributed by atoms with Crippen LogP contribution in [-0.4, -0.2) is 13.4 Å². The Balaban J connectivity index is 1.72.